The summed E-state index contributed by atoms with van der Waals surface area (Å²) in [7, 11) is -1.48. The summed E-state index contributed by atoms with van der Waals surface area (Å²) in [5.74, 6) is 0.938. The van der Waals surface area contributed by atoms with Gasteiger partial charge in [-0.1, -0.05) is 29.4 Å². The van der Waals surface area contributed by atoms with Crippen molar-refractivity contribution < 1.29 is 17.7 Å². The third kappa shape index (κ3) is 3.60. The van der Waals surface area contributed by atoms with Gasteiger partial charge in [0.05, 0.1) is 17.6 Å². The molecule has 1 unspecified atom stereocenters. The first kappa shape index (κ1) is 16.1. The van der Waals surface area contributed by atoms with Crippen LogP contribution in [0, 0.1) is 0 Å². The highest BCUT2D eigenvalue weighted by Gasteiger charge is 2.30. The number of hydrogen-bond acceptors (Lipinski definition) is 7. The van der Waals surface area contributed by atoms with Crippen molar-refractivity contribution in [3.05, 3.63) is 35.7 Å². The van der Waals surface area contributed by atoms with Crippen LogP contribution < -0.4 is 5.32 Å². The lowest BCUT2D eigenvalue weighted by Crippen LogP contribution is -2.45. The van der Waals surface area contributed by atoms with Crippen LogP contribution in [-0.4, -0.2) is 49.8 Å². The lowest BCUT2D eigenvalue weighted by atomic mass is 10.1. The summed E-state index contributed by atoms with van der Waals surface area (Å²) in [5.41, 5.74) is 1.78. The summed E-state index contributed by atoms with van der Waals surface area (Å²) in [5, 5.41) is 6.56. The molecule has 1 aliphatic rings. The largest absolute Gasteiger partial charge is 0.380 e. The Kier molecular flexibility index (Phi) is 4.74. The summed E-state index contributed by atoms with van der Waals surface area (Å²) in [6.45, 7) is 1.36. The van der Waals surface area contributed by atoms with Crippen LogP contribution >= 0.6 is 0 Å². The normalized spacial score (nSPS) is 20.5. The standard InChI is InChI=1S/C15H19N3O4S/c1-21-10-11-4-2-3-5-13(11)15-17-14(22-18-15)8-12-9-16-6-7-23(12,19)20/h2-5,12,16H,6-10H2,1H3. The average molecular weight is 337 g/mol. The third-order valence-electron chi connectivity index (χ3n) is 3.87. The summed E-state index contributed by atoms with van der Waals surface area (Å²) in [6.07, 6.45) is 0.231. The molecule has 0 amide bonds. The number of nitrogens with one attached hydrogen (secondary N) is 1. The predicted octanol–water partition coefficient (Wildman–Crippen LogP) is 0.812. The van der Waals surface area contributed by atoms with Gasteiger partial charge in [-0.05, 0) is 5.56 Å². The van der Waals surface area contributed by atoms with Gasteiger partial charge in [0.1, 0.15) is 0 Å². The van der Waals surface area contributed by atoms with Crippen LogP contribution in [0.4, 0.5) is 0 Å². The van der Waals surface area contributed by atoms with Crippen molar-refractivity contribution in [2.75, 3.05) is 26.0 Å². The van der Waals surface area contributed by atoms with Crippen molar-refractivity contribution in [3.63, 3.8) is 0 Å². The molecule has 0 radical (unpaired) electrons. The van der Waals surface area contributed by atoms with Crippen molar-refractivity contribution in [2.45, 2.75) is 18.3 Å². The van der Waals surface area contributed by atoms with E-state index < -0.39 is 15.1 Å². The molecule has 7 nitrogen and oxygen atoms in total. The van der Waals surface area contributed by atoms with Gasteiger partial charge in [-0.3, -0.25) is 0 Å². The maximum atomic E-state index is 12.1. The molecule has 1 atom stereocenters. The Labute approximate surface area is 135 Å². The van der Waals surface area contributed by atoms with Gasteiger partial charge in [0.25, 0.3) is 0 Å². The van der Waals surface area contributed by atoms with Crippen LogP contribution in [0.2, 0.25) is 0 Å². The van der Waals surface area contributed by atoms with Gasteiger partial charge in [0.2, 0.25) is 11.7 Å². The van der Waals surface area contributed by atoms with Gasteiger partial charge < -0.3 is 14.6 Å². The quantitative estimate of drug-likeness (QED) is 0.863. The molecule has 2 heterocycles. The molecule has 124 valence electrons. The van der Waals surface area contributed by atoms with E-state index in [4.69, 9.17) is 9.26 Å². The number of benzene rings is 1. The molecule has 1 aromatic heterocycles. The van der Waals surface area contributed by atoms with Gasteiger partial charge >= 0.3 is 0 Å². The molecule has 23 heavy (non-hydrogen) atoms. The maximum Gasteiger partial charge on any atom is 0.228 e. The maximum absolute atomic E-state index is 12.1. The smallest absolute Gasteiger partial charge is 0.228 e. The topological polar surface area (TPSA) is 94.3 Å². The number of sulfone groups is 1. The van der Waals surface area contributed by atoms with Crippen LogP contribution in [-0.2, 0) is 27.6 Å². The molecule has 1 saturated heterocycles. The zero-order chi connectivity index (χ0) is 16.3. The molecule has 8 heteroatoms. The number of ether oxygens (including phenoxy) is 1. The summed E-state index contributed by atoms with van der Waals surface area (Å²) in [6, 6.07) is 7.63. The summed E-state index contributed by atoms with van der Waals surface area (Å²) >= 11 is 0. The van der Waals surface area contributed by atoms with Crippen LogP contribution in [0.25, 0.3) is 11.4 Å². The Balaban J connectivity index is 1.81. The molecule has 2 aromatic rings. The van der Waals surface area contributed by atoms with Gasteiger partial charge in [-0.15, -0.1) is 0 Å². The molecule has 1 fully saturated rings. The van der Waals surface area contributed by atoms with Crippen molar-refractivity contribution in [1.29, 1.82) is 0 Å². The minimum atomic E-state index is -3.10. The SMILES string of the molecule is COCc1ccccc1-c1noc(CC2CNCCS2(=O)=O)n1. The number of methoxy groups -OCH3 is 1. The third-order valence-corrected chi connectivity index (χ3v) is 5.99. The van der Waals surface area contributed by atoms with Crippen molar-refractivity contribution in [2.24, 2.45) is 0 Å². The van der Waals surface area contributed by atoms with Crippen LogP contribution in [0.3, 0.4) is 0 Å². The highest BCUT2D eigenvalue weighted by molar-refractivity contribution is 7.92. The van der Waals surface area contributed by atoms with Crippen LogP contribution in [0.1, 0.15) is 11.5 Å². The van der Waals surface area contributed by atoms with E-state index in [1.165, 1.54) is 0 Å². The van der Waals surface area contributed by atoms with Crippen molar-refractivity contribution in [1.82, 2.24) is 15.5 Å². The first-order chi connectivity index (χ1) is 11.1. The number of hydrogen-bond donors (Lipinski definition) is 1. The molecule has 1 aromatic carbocycles. The van der Waals surface area contributed by atoms with E-state index in [9.17, 15) is 8.42 Å². The molecule has 1 aliphatic heterocycles. The fraction of sp³-hybridized carbons (Fsp3) is 0.467. The molecule has 0 spiro atoms. The Bertz CT molecular complexity index is 773. The second kappa shape index (κ2) is 6.77. The summed E-state index contributed by atoms with van der Waals surface area (Å²) in [4.78, 5) is 4.36. The molecular formula is C15H19N3O4S. The molecule has 0 saturated carbocycles. The Morgan fingerprint density at radius 3 is 3.00 bits per heavy atom. The zero-order valence-corrected chi connectivity index (χ0v) is 13.7. The Hall–Kier alpha value is -1.77. The first-order valence-corrected chi connectivity index (χ1v) is 9.14. The lowest BCUT2D eigenvalue weighted by Gasteiger charge is -2.21. The van der Waals surface area contributed by atoms with E-state index in [1.54, 1.807) is 7.11 Å². The molecule has 1 N–H and O–H groups in total. The summed E-state index contributed by atoms with van der Waals surface area (Å²) < 4.78 is 34.5. The van der Waals surface area contributed by atoms with Gasteiger partial charge in [0.15, 0.2) is 9.84 Å². The Morgan fingerprint density at radius 2 is 2.22 bits per heavy atom. The van der Waals surface area contributed by atoms with Crippen molar-refractivity contribution >= 4 is 9.84 Å². The van der Waals surface area contributed by atoms with Crippen LogP contribution in [0.5, 0.6) is 0 Å². The average Bonchev–Trinajstić information content (AvgIpc) is 2.99. The molecule has 0 bridgehead atoms. The first-order valence-electron chi connectivity index (χ1n) is 7.42. The molecular weight excluding hydrogens is 318 g/mol. The lowest BCUT2D eigenvalue weighted by molar-refractivity contribution is 0.185. The molecule has 3 rings (SSSR count). The minimum Gasteiger partial charge on any atom is -0.380 e. The van der Waals surface area contributed by atoms with E-state index in [1.807, 2.05) is 24.3 Å². The van der Waals surface area contributed by atoms with Crippen molar-refractivity contribution in [3.8, 4) is 11.4 Å². The van der Waals surface area contributed by atoms with E-state index >= 15 is 0 Å². The number of aromatic nitrogens is 2. The predicted molar refractivity (Wildman–Crippen MR) is 84.6 cm³/mol. The second-order valence-electron chi connectivity index (χ2n) is 5.50. The molecule has 0 aliphatic carbocycles. The van der Waals surface area contributed by atoms with E-state index in [2.05, 4.69) is 15.5 Å². The fourth-order valence-corrected chi connectivity index (χ4v) is 4.16. The van der Waals surface area contributed by atoms with Gasteiger partial charge in [0, 0.05) is 32.2 Å². The number of rotatable bonds is 5. The van der Waals surface area contributed by atoms with Crippen LogP contribution in [0.15, 0.2) is 28.8 Å². The second-order valence-corrected chi connectivity index (χ2v) is 7.90. The monoisotopic (exact) mass is 337 g/mol. The van der Waals surface area contributed by atoms with E-state index in [0.717, 1.165) is 11.1 Å². The zero-order valence-electron chi connectivity index (χ0n) is 12.9. The Morgan fingerprint density at radius 1 is 1.39 bits per heavy atom. The van der Waals surface area contributed by atoms with E-state index in [0.29, 0.717) is 31.4 Å². The fourth-order valence-electron chi connectivity index (χ4n) is 2.63. The number of nitrogens with zero attached hydrogens (tertiary/aromatic N) is 2. The highest BCUT2D eigenvalue weighted by atomic mass is 32.2. The highest BCUT2D eigenvalue weighted by Crippen LogP contribution is 2.22. The van der Waals surface area contributed by atoms with E-state index in [-0.39, 0.29) is 12.2 Å². The van der Waals surface area contributed by atoms with Gasteiger partial charge in [-0.2, -0.15) is 4.98 Å². The van der Waals surface area contributed by atoms with Gasteiger partial charge in [-0.25, -0.2) is 8.42 Å². The minimum absolute atomic E-state index is 0.148.